The number of alkyl halides is 3. The molecule has 0 aliphatic heterocycles. The van der Waals surface area contributed by atoms with Crippen LogP contribution in [-0.4, -0.2) is 11.3 Å². The number of aromatic nitrogens is 1. The summed E-state index contributed by atoms with van der Waals surface area (Å²) in [6.07, 6.45) is -3.38. The number of anilines is 1. The van der Waals surface area contributed by atoms with Crippen LogP contribution in [0.15, 0.2) is 42.6 Å². The van der Waals surface area contributed by atoms with Gasteiger partial charge in [0.15, 0.2) is 11.5 Å². The highest BCUT2D eigenvalue weighted by atomic mass is 19.4. The maximum absolute atomic E-state index is 12.2. The van der Waals surface area contributed by atoms with E-state index in [1.807, 2.05) is 0 Å². The van der Waals surface area contributed by atoms with E-state index in [1.54, 1.807) is 6.07 Å². The first kappa shape index (κ1) is 13.0. The monoisotopic (exact) mass is 270 g/mol. The molecule has 0 atom stereocenters. The summed E-state index contributed by atoms with van der Waals surface area (Å²) in [7, 11) is 0. The average molecular weight is 270 g/mol. The van der Waals surface area contributed by atoms with Crippen molar-refractivity contribution in [3.63, 3.8) is 0 Å². The molecule has 2 rings (SSSR count). The molecule has 100 valence electrons. The van der Waals surface area contributed by atoms with Gasteiger partial charge in [-0.3, -0.25) is 0 Å². The van der Waals surface area contributed by atoms with Crippen LogP contribution in [0.4, 0.5) is 18.9 Å². The highest BCUT2D eigenvalue weighted by Gasteiger charge is 2.32. The molecule has 1 aromatic heterocycles. The summed E-state index contributed by atoms with van der Waals surface area (Å²) in [4.78, 5) is 3.83. The Bertz CT molecular complexity index is 573. The third kappa shape index (κ3) is 3.51. The maximum Gasteiger partial charge on any atom is 0.573 e. The van der Waals surface area contributed by atoms with E-state index < -0.39 is 12.1 Å². The van der Waals surface area contributed by atoms with E-state index in [0.29, 0.717) is 0 Å². The predicted octanol–water partition coefficient (Wildman–Crippen LogP) is 3.35. The maximum atomic E-state index is 12.2. The Kier molecular flexibility index (Phi) is 3.46. The molecule has 4 nitrogen and oxygen atoms in total. The van der Waals surface area contributed by atoms with Crippen LogP contribution in [0, 0.1) is 0 Å². The van der Waals surface area contributed by atoms with E-state index in [4.69, 9.17) is 10.5 Å². The first-order chi connectivity index (χ1) is 8.96. The minimum absolute atomic E-state index is 0.0146. The highest BCUT2D eigenvalue weighted by molar-refractivity contribution is 5.51. The van der Waals surface area contributed by atoms with Crippen LogP contribution >= 0.6 is 0 Å². The van der Waals surface area contributed by atoms with Crippen LogP contribution in [0.1, 0.15) is 0 Å². The minimum atomic E-state index is -4.80. The number of halogens is 3. The van der Waals surface area contributed by atoms with Crippen LogP contribution in [0.25, 0.3) is 0 Å². The molecule has 0 spiro atoms. The number of nitrogen functional groups attached to an aromatic ring is 1. The smallest absolute Gasteiger partial charge is 0.433 e. The second-order valence-corrected chi connectivity index (χ2v) is 3.49. The van der Waals surface area contributed by atoms with Gasteiger partial charge in [-0.15, -0.1) is 13.2 Å². The van der Waals surface area contributed by atoms with Crippen molar-refractivity contribution < 1.29 is 22.6 Å². The number of nitrogens with two attached hydrogens (primary N) is 1. The van der Waals surface area contributed by atoms with Crippen molar-refractivity contribution >= 4 is 5.69 Å². The lowest BCUT2D eigenvalue weighted by molar-refractivity contribution is -0.275. The summed E-state index contributed by atoms with van der Waals surface area (Å²) < 4.78 is 45.7. The molecular formula is C12H9F3N2O2. The molecule has 0 unspecified atom stereocenters. The number of pyridine rings is 1. The Labute approximate surface area is 106 Å². The summed E-state index contributed by atoms with van der Waals surface area (Å²) in [6.45, 7) is 0. The van der Waals surface area contributed by atoms with Crippen molar-refractivity contribution in [1.82, 2.24) is 4.98 Å². The zero-order valence-corrected chi connectivity index (χ0v) is 9.52. The zero-order chi connectivity index (χ0) is 13.9. The van der Waals surface area contributed by atoms with Gasteiger partial charge in [0.05, 0.1) is 5.69 Å². The summed E-state index contributed by atoms with van der Waals surface area (Å²) in [6, 6.07) is 8.49. The standard InChI is InChI=1S/C12H9F3N2O2/c13-12(14,15)19-10-6-2-1-5-9(10)18-11-8(16)4-3-7-17-11/h1-7H,16H2. The topological polar surface area (TPSA) is 57.4 Å². The second-order valence-electron chi connectivity index (χ2n) is 3.49. The minimum Gasteiger partial charge on any atom is -0.433 e. The van der Waals surface area contributed by atoms with Gasteiger partial charge in [-0.1, -0.05) is 12.1 Å². The molecule has 1 aromatic carbocycles. The second kappa shape index (κ2) is 5.05. The van der Waals surface area contributed by atoms with E-state index in [1.165, 1.54) is 30.5 Å². The van der Waals surface area contributed by atoms with Gasteiger partial charge in [0.2, 0.25) is 5.88 Å². The lowest BCUT2D eigenvalue weighted by Gasteiger charge is -2.13. The lowest BCUT2D eigenvalue weighted by atomic mass is 10.3. The van der Waals surface area contributed by atoms with Gasteiger partial charge in [-0.2, -0.15) is 0 Å². The van der Waals surface area contributed by atoms with E-state index >= 15 is 0 Å². The molecule has 2 N–H and O–H groups in total. The van der Waals surface area contributed by atoms with Crippen molar-refractivity contribution in [2.75, 3.05) is 5.73 Å². The fourth-order valence-corrected chi connectivity index (χ4v) is 1.34. The fourth-order valence-electron chi connectivity index (χ4n) is 1.34. The third-order valence-corrected chi connectivity index (χ3v) is 2.08. The van der Waals surface area contributed by atoms with Gasteiger partial charge in [0, 0.05) is 6.20 Å². The molecule has 0 amide bonds. The van der Waals surface area contributed by atoms with Gasteiger partial charge in [-0.25, -0.2) is 4.98 Å². The molecular weight excluding hydrogens is 261 g/mol. The Morgan fingerprint density at radius 1 is 1.00 bits per heavy atom. The summed E-state index contributed by atoms with van der Waals surface area (Å²) in [5.74, 6) is -0.564. The summed E-state index contributed by atoms with van der Waals surface area (Å²) in [5.41, 5.74) is 5.81. The van der Waals surface area contributed by atoms with Gasteiger partial charge >= 0.3 is 6.36 Å². The number of ether oxygens (including phenoxy) is 2. The number of rotatable bonds is 3. The van der Waals surface area contributed by atoms with Crippen molar-refractivity contribution in [1.29, 1.82) is 0 Å². The highest BCUT2D eigenvalue weighted by Crippen LogP contribution is 2.35. The molecule has 0 bridgehead atoms. The first-order valence-electron chi connectivity index (χ1n) is 5.19. The predicted molar refractivity (Wildman–Crippen MR) is 61.8 cm³/mol. The molecule has 7 heteroatoms. The molecule has 0 radical (unpaired) electrons. The number of para-hydroxylation sites is 2. The quantitative estimate of drug-likeness (QED) is 0.929. The van der Waals surface area contributed by atoms with Crippen molar-refractivity contribution in [2.45, 2.75) is 6.36 Å². The zero-order valence-electron chi connectivity index (χ0n) is 9.52. The van der Waals surface area contributed by atoms with Crippen LogP contribution in [0.2, 0.25) is 0 Å². The molecule has 0 fully saturated rings. The lowest BCUT2D eigenvalue weighted by Crippen LogP contribution is -2.17. The van der Waals surface area contributed by atoms with Gasteiger partial charge in [-0.05, 0) is 24.3 Å². The Morgan fingerprint density at radius 3 is 2.32 bits per heavy atom. The largest absolute Gasteiger partial charge is 0.573 e. The van der Waals surface area contributed by atoms with Crippen LogP contribution < -0.4 is 15.2 Å². The van der Waals surface area contributed by atoms with Crippen LogP contribution in [0.3, 0.4) is 0 Å². The van der Waals surface area contributed by atoms with Crippen LogP contribution in [0.5, 0.6) is 17.4 Å². The molecule has 0 aliphatic rings. The molecule has 0 saturated carbocycles. The normalized spacial score (nSPS) is 11.1. The van der Waals surface area contributed by atoms with Gasteiger partial charge < -0.3 is 15.2 Å². The Hall–Kier alpha value is -2.44. The van der Waals surface area contributed by atoms with E-state index in [9.17, 15) is 13.2 Å². The van der Waals surface area contributed by atoms with Gasteiger partial charge in [0.1, 0.15) is 0 Å². The number of hydrogen-bond acceptors (Lipinski definition) is 4. The number of nitrogens with zero attached hydrogens (tertiary/aromatic N) is 1. The van der Waals surface area contributed by atoms with Crippen molar-refractivity contribution in [2.24, 2.45) is 0 Å². The van der Waals surface area contributed by atoms with E-state index in [-0.39, 0.29) is 17.3 Å². The summed E-state index contributed by atoms with van der Waals surface area (Å²) >= 11 is 0. The Morgan fingerprint density at radius 2 is 1.68 bits per heavy atom. The third-order valence-electron chi connectivity index (χ3n) is 2.08. The van der Waals surface area contributed by atoms with Gasteiger partial charge in [0.25, 0.3) is 0 Å². The fraction of sp³-hybridized carbons (Fsp3) is 0.0833. The first-order valence-corrected chi connectivity index (χ1v) is 5.19. The molecule has 2 aromatic rings. The number of benzene rings is 1. The van der Waals surface area contributed by atoms with E-state index in [0.717, 1.165) is 6.07 Å². The van der Waals surface area contributed by atoms with Crippen molar-refractivity contribution in [3.05, 3.63) is 42.6 Å². The molecule has 1 heterocycles. The average Bonchev–Trinajstić information content (AvgIpc) is 2.33. The number of hydrogen-bond donors (Lipinski definition) is 1. The summed E-state index contributed by atoms with van der Waals surface area (Å²) in [5, 5.41) is 0. The molecule has 19 heavy (non-hydrogen) atoms. The Balaban J connectivity index is 2.28. The SMILES string of the molecule is Nc1cccnc1Oc1ccccc1OC(F)(F)F. The molecule has 0 saturated heterocycles. The van der Waals surface area contributed by atoms with E-state index in [2.05, 4.69) is 9.72 Å². The van der Waals surface area contributed by atoms with Crippen LogP contribution in [-0.2, 0) is 0 Å². The van der Waals surface area contributed by atoms with Crippen molar-refractivity contribution in [3.8, 4) is 17.4 Å². The molecule has 0 aliphatic carbocycles.